The molecule has 1 unspecified atom stereocenters. The van der Waals surface area contributed by atoms with Gasteiger partial charge in [-0.05, 0) is 25.2 Å². The molecule has 0 fully saturated rings. The van der Waals surface area contributed by atoms with Crippen LogP contribution in [0.1, 0.15) is 11.3 Å². The fourth-order valence-electron chi connectivity index (χ4n) is 2.58. The van der Waals surface area contributed by atoms with Crippen LogP contribution in [0.3, 0.4) is 0 Å². The second-order valence-corrected chi connectivity index (χ2v) is 19.6. The number of hydrogen-bond donors (Lipinski definition) is 0. The summed E-state index contributed by atoms with van der Waals surface area (Å²) in [7, 11) is -3.75. The topological polar surface area (TPSA) is 18.5 Å². The lowest BCUT2D eigenvalue weighted by atomic mass is 10.2. The van der Waals surface area contributed by atoms with Gasteiger partial charge in [-0.25, -0.2) is 0 Å². The summed E-state index contributed by atoms with van der Waals surface area (Å²) in [6, 6.07) is 10.0. The number of ether oxygens (including phenoxy) is 1. The number of rotatable bonds is 6. The van der Waals surface area contributed by atoms with Crippen LogP contribution in [0.4, 0.5) is 0 Å². The Balaban J connectivity index is 2.55. The summed E-state index contributed by atoms with van der Waals surface area (Å²) in [5.74, 6) is 0.622. The molecule has 0 spiro atoms. The van der Waals surface area contributed by atoms with Crippen molar-refractivity contribution in [2.24, 2.45) is 0 Å². The highest BCUT2D eigenvalue weighted by Gasteiger charge is 2.34. The van der Waals surface area contributed by atoms with E-state index in [1.165, 1.54) is 0 Å². The van der Waals surface area contributed by atoms with Crippen molar-refractivity contribution < 1.29 is 9.16 Å². The Morgan fingerprint density at radius 3 is 1.56 bits per heavy atom. The van der Waals surface area contributed by atoms with Crippen LogP contribution in [0.15, 0.2) is 30.3 Å². The van der Waals surface area contributed by atoms with Crippen molar-refractivity contribution in [2.45, 2.75) is 45.0 Å². The SMILES string of the molecule is C[Si](C)(C)Oc1c(Cl)c(Cl)c(OC(c2ccccc2)[Si](C)(C)C)c(Cl)c1Cl. The van der Waals surface area contributed by atoms with Gasteiger partial charge in [0.1, 0.15) is 31.6 Å². The lowest BCUT2D eigenvalue weighted by molar-refractivity contribution is 0.276. The zero-order valence-electron chi connectivity index (χ0n) is 16.3. The average Bonchev–Trinajstić information content (AvgIpc) is 2.56. The van der Waals surface area contributed by atoms with Gasteiger partial charge in [0.15, 0.2) is 5.75 Å². The van der Waals surface area contributed by atoms with Gasteiger partial charge in [-0.3, -0.25) is 0 Å². The van der Waals surface area contributed by atoms with Crippen LogP contribution in [0.5, 0.6) is 11.5 Å². The molecule has 0 N–H and O–H groups in total. The molecule has 0 aliphatic carbocycles. The normalized spacial score (nSPS) is 13.4. The number of benzene rings is 2. The van der Waals surface area contributed by atoms with Crippen LogP contribution in [0, 0.1) is 0 Å². The molecule has 27 heavy (non-hydrogen) atoms. The Kier molecular flexibility index (Phi) is 7.26. The molecule has 0 aliphatic heterocycles. The van der Waals surface area contributed by atoms with Gasteiger partial charge in [-0.15, -0.1) is 0 Å². The fraction of sp³-hybridized carbons (Fsp3) is 0.368. The minimum atomic E-state index is -1.96. The van der Waals surface area contributed by atoms with Gasteiger partial charge in [0.05, 0.1) is 8.07 Å². The highest BCUT2D eigenvalue weighted by atomic mass is 35.5. The third kappa shape index (κ3) is 5.58. The van der Waals surface area contributed by atoms with Gasteiger partial charge in [0.2, 0.25) is 8.32 Å². The first-order valence-electron chi connectivity index (χ1n) is 8.59. The summed E-state index contributed by atoms with van der Waals surface area (Å²) in [6.45, 7) is 12.8. The zero-order chi connectivity index (χ0) is 20.6. The Hall–Kier alpha value is -0.366. The van der Waals surface area contributed by atoms with Crippen LogP contribution in [-0.4, -0.2) is 16.4 Å². The zero-order valence-corrected chi connectivity index (χ0v) is 21.3. The average molecular weight is 482 g/mol. The minimum Gasteiger partial charge on any atom is -0.542 e. The molecule has 0 saturated heterocycles. The summed E-state index contributed by atoms with van der Waals surface area (Å²) < 4.78 is 12.4. The van der Waals surface area contributed by atoms with E-state index in [9.17, 15) is 0 Å². The Morgan fingerprint density at radius 1 is 0.704 bits per heavy atom. The molecule has 148 valence electrons. The molecule has 8 heteroatoms. The van der Waals surface area contributed by atoms with Crippen molar-refractivity contribution in [3.8, 4) is 11.5 Å². The van der Waals surface area contributed by atoms with E-state index in [1.54, 1.807) is 0 Å². The second kappa shape index (κ2) is 8.56. The monoisotopic (exact) mass is 480 g/mol. The molecular formula is C19H24Cl4O2Si2. The molecule has 0 saturated carbocycles. The summed E-state index contributed by atoms with van der Waals surface area (Å²) >= 11 is 26.0. The van der Waals surface area contributed by atoms with Crippen molar-refractivity contribution >= 4 is 62.8 Å². The maximum Gasteiger partial charge on any atom is 0.242 e. The van der Waals surface area contributed by atoms with E-state index in [-0.39, 0.29) is 25.8 Å². The van der Waals surface area contributed by atoms with Crippen molar-refractivity contribution in [1.29, 1.82) is 0 Å². The predicted molar refractivity (Wildman–Crippen MR) is 124 cm³/mol. The fourth-order valence-corrected chi connectivity index (χ4v) is 6.18. The molecule has 0 heterocycles. The summed E-state index contributed by atoms with van der Waals surface area (Å²) in [6.07, 6.45) is 0. The summed E-state index contributed by atoms with van der Waals surface area (Å²) in [5, 5.41) is 0.897. The second-order valence-electron chi connectivity index (χ2n) is 8.40. The molecule has 0 radical (unpaired) electrons. The smallest absolute Gasteiger partial charge is 0.242 e. The molecule has 2 aromatic rings. The van der Waals surface area contributed by atoms with Crippen LogP contribution in [-0.2, 0) is 0 Å². The summed E-state index contributed by atoms with van der Waals surface area (Å²) in [4.78, 5) is 0. The van der Waals surface area contributed by atoms with Gasteiger partial charge in [-0.2, -0.15) is 0 Å². The minimum absolute atomic E-state index is 0.162. The maximum atomic E-state index is 6.54. The number of halogens is 4. The van der Waals surface area contributed by atoms with Crippen LogP contribution < -0.4 is 9.16 Å². The molecule has 2 rings (SSSR count). The van der Waals surface area contributed by atoms with E-state index in [4.69, 9.17) is 55.6 Å². The van der Waals surface area contributed by atoms with E-state index >= 15 is 0 Å². The molecular weight excluding hydrogens is 458 g/mol. The highest BCUT2D eigenvalue weighted by Crippen LogP contribution is 2.52. The van der Waals surface area contributed by atoms with E-state index in [1.807, 2.05) is 50.0 Å². The Labute approximate surface area is 183 Å². The summed E-state index contributed by atoms with van der Waals surface area (Å²) in [5.41, 5.74) is 0.906. The van der Waals surface area contributed by atoms with Crippen LogP contribution in [0.25, 0.3) is 0 Å². The molecule has 0 aromatic heterocycles. The van der Waals surface area contributed by atoms with Gasteiger partial charge in [0, 0.05) is 0 Å². The Bertz CT molecular complexity index is 786. The van der Waals surface area contributed by atoms with Crippen molar-refractivity contribution in [3.63, 3.8) is 0 Å². The van der Waals surface area contributed by atoms with Gasteiger partial charge >= 0.3 is 0 Å². The maximum absolute atomic E-state index is 6.54. The lowest BCUT2D eigenvalue weighted by Gasteiger charge is -2.31. The first-order chi connectivity index (χ1) is 12.3. The van der Waals surface area contributed by atoms with Crippen molar-refractivity contribution in [3.05, 3.63) is 56.0 Å². The largest absolute Gasteiger partial charge is 0.542 e. The molecule has 1 atom stereocenters. The van der Waals surface area contributed by atoms with Gasteiger partial charge in [-0.1, -0.05) is 96.4 Å². The van der Waals surface area contributed by atoms with E-state index < -0.39 is 16.4 Å². The molecule has 2 nitrogen and oxygen atoms in total. The first kappa shape index (κ1) is 22.9. The van der Waals surface area contributed by atoms with Crippen LogP contribution in [0.2, 0.25) is 59.4 Å². The van der Waals surface area contributed by atoms with Crippen molar-refractivity contribution in [1.82, 2.24) is 0 Å². The molecule has 0 bridgehead atoms. The third-order valence-electron chi connectivity index (χ3n) is 3.72. The first-order valence-corrected chi connectivity index (χ1v) is 17.1. The van der Waals surface area contributed by atoms with Gasteiger partial charge in [0.25, 0.3) is 0 Å². The van der Waals surface area contributed by atoms with Gasteiger partial charge < -0.3 is 9.16 Å². The quantitative estimate of drug-likeness (QED) is 0.304. The standard InChI is InChI=1S/C19H24Cl4O2Si2/c1-26(2,3)19(12-10-8-7-9-11-12)24-17-13(20)15(22)18(16(23)14(17)21)25-27(4,5)6/h7-11,19H,1-6H3. The molecule has 2 aromatic carbocycles. The third-order valence-corrected chi connectivity index (χ3v) is 8.19. The predicted octanol–water partition coefficient (Wildman–Crippen LogP) is 8.51. The van der Waals surface area contributed by atoms with Crippen LogP contribution >= 0.6 is 46.4 Å². The van der Waals surface area contributed by atoms with E-state index in [2.05, 4.69) is 19.6 Å². The lowest BCUT2D eigenvalue weighted by Crippen LogP contribution is -2.35. The molecule has 0 aliphatic rings. The van der Waals surface area contributed by atoms with E-state index in [0.29, 0.717) is 11.5 Å². The van der Waals surface area contributed by atoms with Crippen molar-refractivity contribution in [2.75, 3.05) is 0 Å². The molecule has 0 amide bonds. The number of hydrogen-bond acceptors (Lipinski definition) is 2. The van der Waals surface area contributed by atoms with E-state index in [0.717, 1.165) is 5.56 Å². The highest BCUT2D eigenvalue weighted by molar-refractivity contribution is 6.77. The Morgan fingerprint density at radius 2 is 1.15 bits per heavy atom.